The van der Waals surface area contributed by atoms with Crippen molar-refractivity contribution in [3.05, 3.63) is 211 Å². The molecule has 1 aromatic heterocycles. The molecule has 0 spiro atoms. The first kappa shape index (κ1) is 33.7. The molecular weight excluding hydrogens is 715 g/mol. The zero-order valence-electron chi connectivity index (χ0n) is 32.9. The van der Waals surface area contributed by atoms with Gasteiger partial charge in [-0.2, -0.15) is 0 Å². The molecule has 2 nitrogen and oxygen atoms in total. The minimum Gasteiger partial charge on any atom is -0.456 e. The topological polar surface area (TPSA) is 16.4 Å². The summed E-state index contributed by atoms with van der Waals surface area (Å²) in [6.45, 7) is 4.71. The third-order valence-electron chi connectivity index (χ3n) is 12.8. The van der Waals surface area contributed by atoms with Gasteiger partial charge < -0.3 is 9.32 Å². The highest BCUT2D eigenvalue weighted by Crippen LogP contribution is 2.52. The van der Waals surface area contributed by atoms with Crippen LogP contribution < -0.4 is 4.90 Å². The molecule has 11 aromatic rings. The first-order valence-corrected chi connectivity index (χ1v) is 20.5. The lowest BCUT2D eigenvalue weighted by atomic mass is 9.82. The van der Waals surface area contributed by atoms with Crippen LogP contribution in [0, 0.1) is 0 Å². The van der Waals surface area contributed by atoms with Crippen LogP contribution in [0.1, 0.15) is 25.0 Å². The van der Waals surface area contributed by atoms with E-state index in [-0.39, 0.29) is 5.41 Å². The number of hydrogen-bond acceptors (Lipinski definition) is 2. The molecule has 0 N–H and O–H groups in total. The lowest BCUT2D eigenvalue weighted by Crippen LogP contribution is -2.16. The largest absolute Gasteiger partial charge is 0.456 e. The van der Waals surface area contributed by atoms with Crippen LogP contribution in [0.15, 0.2) is 205 Å². The van der Waals surface area contributed by atoms with Crippen molar-refractivity contribution in [3.8, 4) is 33.4 Å². The third-order valence-corrected chi connectivity index (χ3v) is 12.8. The second kappa shape index (κ2) is 12.8. The number of hydrogen-bond donors (Lipinski definition) is 0. The van der Waals surface area contributed by atoms with Crippen molar-refractivity contribution in [2.75, 3.05) is 4.90 Å². The van der Waals surface area contributed by atoms with Gasteiger partial charge in [-0.25, -0.2) is 0 Å². The van der Waals surface area contributed by atoms with E-state index < -0.39 is 0 Å². The van der Waals surface area contributed by atoms with E-state index in [1.807, 2.05) is 0 Å². The molecule has 0 saturated heterocycles. The van der Waals surface area contributed by atoms with Crippen LogP contribution in [0.5, 0.6) is 0 Å². The zero-order valence-corrected chi connectivity index (χ0v) is 32.9. The molecule has 1 heterocycles. The highest BCUT2D eigenvalue weighted by Gasteiger charge is 2.36. The van der Waals surface area contributed by atoms with E-state index in [0.717, 1.165) is 50.1 Å². The van der Waals surface area contributed by atoms with Gasteiger partial charge in [0.15, 0.2) is 0 Å². The molecule has 0 bridgehead atoms. The van der Waals surface area contributed by atoms with Crippen LogP contribution in [-0.4, -0.2) is 0 Å². The monoisotopic (exact) mass is 753 g/mol. The van der Waals surface area contributed by atoms with Crippen molar-refractivity contribution in [2.45, 2.75) is 19.3 Å². The Labute approximate surface area is 343 Å². The first-order chi connectivity index (χ1) is 29.0. The summed E-state index contributed by atoms with van der Waals surface area (Å²) in [5.74, 6) is 0. The number of nitrogens with zero attached hydrogens (tertiary/aromatic N) is 1. The number of benzene rings is 10. The van der Waals surface area contributed by atoms with E-state index in [1.54, 1.807) is 0 Å². The fourth-order valence-electron chi connectivity index (χ4n) is 9.97. The van der Waals surface area contributed by atoms with Crippen molar-refractivity contribution >= 4 is 71.3 Å². The number of rotatable bonds is 5. The van der Waals surface area contributed by atoms with Crippen molar-refractivity contribution in [2.24, 2.45) is 0 Å². The summed E-state index contributed by atoms with van der Waals surface area (Å²) < 4.78 is 6.59. The standard InChI is InChI=1S/C57H39NO/c1-57(2)51-22-9-7-17-46(51)47-32-30-41(35-52(47)57)58(40-28-25-37(26-29-40)43-19-11-20-44-42-16-6-5-13-36(42)27-31-45(43)44)53-23-10-8-18-48(53)49-21-12-24-54-56(49)50-33-38-14-3-4-15-39(38)34-55(50)59-54/h3-35H,1-2H3. The van der Waals surface area contributed by atoms with E-state index in [9.17, 15) is 0 Å². The highest BCUT2D eigenvalue weighted by molar-refractivity contribution is 6.17. The van der Waals surface area contributed by atoms with Crippen LogP contribution in [-0.2, 0) is 5.41 Å². The summed E-state index contributed by atoms with van der Waals surface area (Å²) in [7, 11) is 0. The summed E-state index contributed by atoms with van der Waals surface area (Å²) in [4.78, 5) is 2.45. The maximum atomic E-state index is 6.59. The van der Waals surface area contributed by atoms with Crippen LogP contribution in [0.4, 0.5) is 17.1 Å². The number of anilines is 3. The summed E-state index contributed by atoms with van der Waals surface area (Å²) >= 11 is 0. The van der Waals surface area contributed by atoms with Crippen LogP contribution in [0.2, 0.25) is 0 Å². The second-order valence-corrected chi connectivity index (χ2v) is 16.5. The Balaban J connectivity index is 1.06. The minimum absolute atomic E-state index is 0.139. The molecular formula is C57H39NO. The third kappa shape index (κ3) is 5.13. The molecule has 1 aliphatic rings. The molecule has 0 aliphatic heterocycles. The zero-order chi connectivity index (χ0) is 39.2. The predicted octanol–water partition coefficient (Wildman–Crippen LogP) is 16.2. The first-order valence-electron chi connectivity index (χ1n) is 20.5. The minimum atomic E-state index is -0.139. The fourth-order valence-corrected chi connectivity index (χ4v) is 9.97. The van der Waals surface area contributed by atoms with Gasteiger partial charge in [0, 0.05) is 33.1 Å². The number of para-hydroxylation sites is 1. The molecule has 2 heteroatoms. The van der Waals surface area contributed by atoms with Crippen LogP contribution in [0.25, 0.3) is 87.6 Å². The van der Waals surface area contributed by atoms with E-state index >= 15 is 0 Å². The molecule has 0 fully saturated rings. The maximum absolute atomic E-state index is 6.59. The molecule has 0 saturated carbocycles. The van der Waals surface area contributed by atoms with Crippen LogP contribution >= 0.6 is 0 Å². The Bertz CT molecular complexity index is 3480. The van der Waals surface area contributed by atoms with Gasteiger partial charge >= 0.3 is 0 Å². The smallest absolute Gasteiger partial charge is 0.136 e. The molecule has 59 heavy (non-hydrogen) atoms. The molecule has 10 aromatic carbocycles. The molecule has 0 atom stereocenters. The van der Waals surface area contributed by atoms with Gasteiger partial charge in [0.2, 0.25) is 0 Å². The number of furan rings is 1. The van der Waals surface area contributed by atoms with Crippen molar-refractivity contribution in [3.63, 3.8) is 0 Å². The predicted molar refractivity (Wildman–Crippen MR) is 249 cm³/mol. The molecule has 278 valence electrons. The fraction of sp³-hybridized carbons (Fsp3) is 0.0526. The Kier molecular flexibility index (Phi) is 7.31. The Morgan fingerprint density at radius 1 is 0.373 bits per heavy atom. The van der Waals surface area contributed by atoms with Gasteiger partial charge in [-0.3, -0.25) is 0 Å². The van der Waals surface area contributed by atoms with E-state index in [2.05, 4.69) is 219 Å². The summed E-state index contributed by atoms with van der Waals surface area (Å²) in [6.07, 6.45) is 0. The lowest BCUT2D eigenvalue weighted by Gasteiger charge is -2.30. The molecule has 0 radical (unpaired) electrons. The van der Waals surface area contributed by atoms with Crippen molar-refractivity contribution in [1.82, 2.24) is 0 Å². The lowest BCUT2D eigenvalue weighted by molar-refractivity contribution is 0.660. The second-order valence-electron chi connectivity index (χ2n) is 16.5. The Morgan fingerprint density at radius 2 is 1.02 bits per heavy atom. The van der Waals surface area contributed by atoms with Gasteiger partial charge in [0.25, 0.3) is 0 Å². The molecule has 1 aliphatic carbocycles. The summed E-state index contributed by atoms with van der Waals surface area (Å²) in [5.41, 5.74) is 15.0. The van der Waals surface area contributed by atoms with Gasteiger partial charge in [0.05, 0.1) is 5.69 Å². The van der Waals surface area contributed by atoms with Gasteiger partial charge in [-0.15, -0.1) is 0 Å². The molecule has 0 unspecified atom stereocenters. The quantitative estimate of drug-likeness (QED) is 0.163. The van der Waals surface area contributed by atoms with E-state index in [4.69, 9.17) is 4.42 Å². The van der Waals surface area contributed by atoms with Crippen molar-refractivity contribution < 1.29 is 4.42 Å². The maximum Gasteiger partial charge on any atom is 0.136 e. The number of fused-ring (bicyclic) bond motifs is 10. The molecule has 12 rings (SSSR count). The summed E-state index contributed by atoms with van der Waals surface area (Å²) in [5, 5.41) is 9.70. The van der Waals surface area contributed by atoms with Crippen LogP contribution in [0.3, 0.4) is 0 Å². The van der Waals surface area contributed by atoms with Gasteiger partial charge in [-0.1, -0.05) is 166 Å². The van der Waals surface area contributed by atoms with E-state index in [1.165, 1.54) is 65.7 Å². The Hall–Kier alpha value is -7.42. The van der Waals surface area contributed by atoms with E-state index in [0.29, 0.717) is 0 Å². The average molecular weight is 754 g/mol. The normalized spacial score (nSPS) is 13.1. The summed E-state index contributed by atoms with van der Waals surface area (Å²) in [6, 6.07) is 73.3. The van der Waals surface area contributed by atoms with Gasteiger partial charge in [-0.05, 0) is 120 Å². The highest BCUT2D eigenvalue weighted by atomic mass is 16.3. The van der Waals surface area contributed by atoms with Gasteiger partial charge in [0.1, 0.15) is 11.2 Å². The van der Waals surface area contributed by atoms with Crippen molar-refractivity contribution in [1.29, 1.82) is 0 Å². The molecule has 0 amide bonds. The average Bonchev–Trinajstić information content (AvgIpc) is 3.76. The SMILES string of the molecule is CC1(C)c2ccccc2-c2ccc(N(c3ccc(-c4cccc5c4ccc4ccccc45)cc3)c3ccccc3-c3cccc4oc5cc6ccccc6cc5c34)cc21. The Morgan fingerprint density at radius 3 is 1.88 bits per heavy atom.